The van der Waals surface area contributed by atoms with Crippen LogP contribution >= 0.6 is 11.6 Å². The van der Waals surface area contributed by atoms with E-state index in [0.29, 0.717) is 10.6 Å². The monoisotopic (exact) mass is 473 g/mol. The van der Waals surface area contributed by atoms with Crippen molar-refractivity contribution < 1.29 is 28.7 Å². The first-order valence-corrected chi connectivity index (χ1v) is 10.5. The molecule has 174 valence electrons. The van der Waals surface area contributed by atoms with Crippen LogP contribution in [0.25, 0.3) is 0 Å². The number of imide groups is 1. The minimum Gasteiger partial charge on any atom is -0.497 e. The number of hydrogen-bond acceptors (Lipinski definition) is 6. The number of amides is 4. The maximum Gasteiger partial charge on any atom is 0.330 e. The Balaban J connectivity index is 2.02. The molecule has 33 heavy (non-hydrogen) atoms. The molecule has 1 N–H and O–H groups in total. The van der Waals surface area contributed by atoms with Crippen LogP contribution in [0.3, 0.4) is 0 Å². The Labute approximate surface area is 196 Å². The van der Waals surface area contributed by atoms with Gasteiger partial charge in [0.2, 0.25) is 6.23 Å². The Hall–Kier alpha value is -3.43. The van der Waals surface area contributed by atoms with E-state index < -0.39 is 35.9 Å². The molecule has 3 rings (SSSR count). The van der Waals surface area contributed by atoms with Crippen LogP contribution in [-0.2, 0) is 14.3 Å². The highest BCUT2D eigenvalue weighted by molar-refractivity contribution is 6.34. The smallest absolute Gasteiger partial charge is 0.330 e. The summed E-state index contributed by atoms with van der Waals surface area (Å²) in [4.78, 5) is 54.4. The molecule has 1 fully saturated rings. The van der Waals surface area contributed by atoms with Crippen molar-refractivity contribution in [3.8, 4) is 5.75 Å². The normalized spacial score (nSPS) is 16.7. The molecule has 1 heterocycles. The highest BCUT2D eigenvalue weighted by Crippen LogP contribution is 2.26. The molecule has 0 bridgehead atoms. The lowest BCUT2D eigenvalue weighted by Crippen LogP contribution is -2.52. The van der Waals surface area contributed by atoms with Gasteiger partial charge in [-0.25, -0.2) is 9.69 Å². The van der Waals surface area contributed by atoms with Crippen LogP contribution in [0, 0.1) is 6.92 Å². The number of hydrogen-bond donors (Lipinski definition) is 1. The van der Waals surface area contributed by atoms with E-state index in [2.05, 4.69) is 5.32 Å². The fourth-order valence-electron chi connectivity index (χ4n) is 3.43. The van der Waals surface area contributed by atoms with Crippen LogP contribution in [-0.4, -0.2) is 66.5 Å². The molecule has 9 nitrogen and oxygen atoms in total. The largest absolute Gasteiger partial charge is 0.497 e. The van der Waals surface area contributed by atoms with Crippen molar-refractivity contribution in [1.82, 2.24) is 9.80 Å². The zero-order chi connectivity index (χ0) is 24.3. The predicted molar refractivity (Wildman–Crippen MR) is 121 cm³/mol. The number of halogens is 1. The number of carbonyl (C=O) groups is 4. The van der Waals surface area contributed by atoms with Crippen LogP contribution < -0.4 is 10.1 Å². The lowest BCUT2D eigenvalue weighted by Gasteiger charge is -2.24. The number of anilines is 1. The van der Waals surface area contributed by atoms with Gasteiger partial charge in [0.05, 0.1) is 17.8 Å². The Morgan fingerprint density at radius 2 is 1.82 bits per heavy atom. The summed E-state index contributed by atoms with van der Waals surface area (Å²) in [6, 6.07) is 8.37. The molecule has 10 heteroatoms. The average molecular weight is 474 g/mol. The van der Waals surface area contributed by atoms with Crippen LogP contribution in [0.4, 0.5) is 10.5 Å². The van der Waals surface area contributed by atoms with E-state index in [-0.39, 0.29) is 22.9 Å². The minimum absolute atomic E-state index is 0.120. The van der Waals surface area contributed by atoms with Crippen LogP contribution in [0.15, 0.2) is 42.5 Å². The third kappa shape index (κ3) is 4.84. The molecule has 2 atom stereocenters. The fourth-order valence-corrected chi connectivity index (χ4v) is 3.60. The van der Waals surface area contributed by atoms with Gasteiger partial charge in [-0.1, -0.05) is 17.7 Å². The molecule has 2 aromatic rings. The number of ether oxygens (including phenoxy) is 2. The molecular formula is C23H24ClN3O6. The third-order valence-electron chi connectivity index (χ3n) is 5.14. The number of ketones is 1. The quantitative estimate of drug-likeness (QED) is 0.359. The zero-order valence-electron chi connectivity index (χ0n) is 18.6. The maximum absolute atomic E-state index is 13.4. The van der Waals surface area contributed by atoms with E-state index in [0.717, 1.165) is 10.5 Å². The summed E-state index contributed by atoms with van der Waals surface area (Å²) in [5.41, 5.74) is 1.19. The molecule has 1 aliphatic heterocycles. The van der Waals surface area contributed by atoms with E-state index in [1.807, 2.05) is 0 Å². The van der Waals surface area contributed by atoms with Gasteiger partial charge in [0, 0.05) is 19.2 Å². The van der Waals surface area contributed by atoms with Crippen molar-refractivity contribution in [1.29, 1.82) is 0 Å². The van der Waals surface area contributed by atoms with Crippen molar-refractivity contribution in [3.05, 3.63) is 58.6 Å². The molecule has 2 unspecified atom stereocenters. The van der Waals surface area contributed by atoms with Crippen molar-refractivity contribution in [2.75, 3.05) is 26.1 Å². The molecule has 0 spiro atoms. The first kappa shape index (κ1) is 24.2. The number of carbonyl (C=O) groups excluding carboxylic acids is 4. The average Bonchev–Trinajstić information content (AvgIpc) is 3.00. The maximum atomic E-state index is 13.4. The summed E-state index contributed by atoms with van der Waals surface area (Å²) < 4.78 is 10.5. The molecule has 0 aromatic heterocycles. The second kappa shape index (κ2) is 10.0. The van der Waals surface area contributed by atoms with E-state index in [9.17, 15) is 19.2 Å². The molecule has 0 aliphatic carbocycles. The van der Waals surface area contributed by atoms with Crippen LogP contribution in [0.1, 0.15) is 22.8 Å². The van der Waals surface area contributed by atoms with Gasteiger partial charge in [0.25, 0.3) is 11.8 Å². The second-order valence-corrected chi connectivity index (χ2v) is 7.78. The number of Topliss-reactive ketones (excluding diaryl/α,β-unsaturated/α-hetero) is 1. The van der Waals surface area contributed by atoms with Crippen LogP contribution in [0.5, 0.6) is 5.75 Å². The molecular weight excluding hydrogens is 450 g/mol. The molecule has 4 amide bonds. The predicted octanol–water partition coefficient (Wildman–Crippen LogP) is 3.10. The Morgan fingerprint density at radius 1 is 1.15 bits per heavy atom. The lowest BCUT2D eigenvalue weighted by atomic mass is 10.0. The summed E-state index contributed by atoms with van der Waals surface area (Å²) in [6.45, 7) is 3.63. The Morgan fingerprint density at radius 3 is 2.42 bits per heavy atom. The number of urea groups is 1. The van der Waals surface area contributed by atoms with Gasteiger partial charge >= 0.3 is 6.03 Å². The number of likely N-dealkylation sites (N-methyl/N-ethyl adjacent to an activating group) is 1. The first-order chi connectivity index (χ1) is 15.7. The number of methoxy groups -OCH3 is 1. The number of aryl methyl sites for hydroxylation is 1. The van der Waals surface area contributed by atoms with Crippen molar-refractivity contribution >= 4 is 40.9 Å². The highest BCUT2D eigenvalue weighted by atomic mass is 35.5. The summed E-state index contributed by atoms with van der Waals surface area (Å²) in [5, 5.41) is 2.83. The topological polar surface area (TPSA) is 105 Å². The van der Waals surface area contributed by atoms with E-state index in [1.54, 1.807) is 44.2 Å². The number of benzene rings is 2. The second-order valence-electron chi connectivity index (χ2n) is 7.38. The van der Waals surface area contributed by atoms with Crippen LogP contribution in [0.2, 0.25) is 5.02 Å². The lowest BCUT2D eigenvalue weighted by molar-refractivity contribution is -0.143. The van der Waals surface area contributed by atoms with Gasteiger partial charge in [0.1, 0.15) is 5.75 Å². The van der Waals surface area contributed by atoms with Gasteiger partial charge in [0.15, 0.2) is 11.8 Å². The van der Waals surface area contributed by atoms with Gasteiger partial charge in [-0.2, -0.15) is 0 Å². The Kier molecular flexibility index (Phi) is 7.35. The molecule has 2 aromatic carbocycles. The van der Waals surface area contributed by atoms with Gasteiger partial charge in [-0.15, -0.1) is 0 Å². The van der Waals surface area contributed by atoms with E-state index >= 15 is 0 Å². The summed E-state index contributed by atoms with van der Waals surface area (Å²) in [7, 11) is 2.84. The zero-order valence-corrected chi connectivity index (χ0v) is 19.4. The van der Waals surface area contributed by atoms with Crippen molar-refractivity contribution in [3.63, 3.8) is 0 Å². The molecule has 1 saturated heterocycles. The molecule has 1 aliphatic rings. The van der Waals surface area contributed by atoms with Crippen molar-refractivity contribution in [2.24, 2.45) is 0 Å². The fraction of sp³-hybridized carbons (Fsp3) is 0.304. The highest BCUT2D eigenvalue weighted by Gasteiger charge is 2.51. The molecule has 0 radical (unpaired) electrons. The number of nitrogens with zero attached hydrogens (tertiary/aromatic N) is 2. The Bertz CT molecular complexity index is 1090. The minimum atomic E-state index is -1.78. The van der Waals surface area contributed by atoms with Gasteiger partial charge in [-0.05, 0) is 55.8 Å². The summed E-state index contributed by atoms with van der Waals surface area (Å²) >= 11 is 6.19. The van der Waals surface area contributed by atoms with E-state index in [4.69, 9.17) is 21.1 Å². The third-order valence-corrected chi connectivity index (χ3v) is 5.47. The first-order valence-electron chi connectivity index (χ1n) is 10.2. The standard InChI is InChI=1S/C23H24ClN3O6/c1-5-33-22-21(30)27(23(31)26(22)3)18(19(28)14-7-9-15(32-4)10-8-14)20(29)25-17-12-13(2)6-11-16(17)24/h6-12,18,22H,5H2,1-4H3,(H,25,29). The summed E-state index contributed by atoms with van der Waals surface area (Å²) in [6.07, 6.45) is -1.23. The number of rotatable bonds is 8. The summed E-state index contributed by atoms with van der Waals surface area (Å²) in [5.74, 6) is -1.92. The SMILES string of the molecule is CCOC1C(=O)N(C(C(=O)Nc2cc(C)ccc2Cl)C(=O)c2ccc(OC)cc2)C(=O)N1C. The number of nitrogens with one attached hydrogen (secondary N) is 1. The van der Waals surface area contributed by atoms with Gasteiger partial charge in [-0.3, -0.25) is 19.3 Å². The molecule has 0 saturated carbocycles. The van der Waals surface area contributed by atoms with Gasteiger partial charge < -0.3 is 14.8 Å². The van der Waals surface area contributed by atoms with E-state index in [1.165, 1.54) is 26.3 Å². The van der Waals surface area contributed by atoms with Crippen molar-refractivity contribution in [2.45, 2.75) is 26.1 Å².